The minimum absolute atomic E-state index is 0.144. The Hall–Kier alpha value is -2.76. The van der Waals surface area contributed by atoms with Gasteiger partial charge in [-0.3, -0.25) is 4.79 Å². The molecule has 0 aliphatic heterocycles. The number of nitrogens with one attached hydrogen (secondary N) is 1. The van der Waals surface area contributed by atoms with Gasteiger partial charge >= 0.3 is 6.61 Å². The summed E-state index contributed by atoms with van der Waals surface area (Å²) in [5.74, 6) is -0.520. The van der Waals surface area contributed by atoms with Crippen molar-refractivity contribution in [3.8, 4) is 5.88 Å². The largest absolute Gasteiger partial charge is 0.415 e. The number of ether oxygens (including phenoxy) is 1. The zero-order valence-electron chi connectivity index (χ0n) is 15.4. The van der Waals surface area contributed by atoms with E-state index in [1.54, 1.807) is 13.0 Å². The van der Waals surface area contributed by atoms with Crippen LogP contribution in [0, 0.1) is 6.92 Å². The molecule has 1 saturated carbocycles. The fourth-order valence-corrected chi connectivity index (χ4v) is 3.47. The van der Waals surface area contributed by atoms with E-state index in [4.69, 9.17) is 0 Å². The molecule has 1 aliphatic carbocycles. The van der Waals surface area contributed by atoms with E-state index >= 15 is 0 Å². The zero-order valence-corrected chi connectivity index (χ0v) is 15.4. The molecular weight excluding hydrogens is 350 g/mol. The lowest BCUT2D eigenvalue weighted by Gasteiger charge is -2.42. The number of rotatable bonds is 6. The Labute approximate surface area is 157 Å². The fraction of sp³-hybridized carbons (Fsp3) is 0.333. The van der Waals surface area contributed by atoms with Crippen molar-refractivity contribution in [3.05, 3.63) is 59.8 Å². The van der Waals surface area contributed by atoms with Gasteiger partial charge in [0.05, 0.1) is 5.41 Å². The van der Waals surface area contributed by atoms with Crippen molar-refractivity contribution in [2.75, 3.05) is 5.32 Å². The first-order valence-corrected chi connectivity index (χ1v) is 8.83. The van der Waals surface area contributed by atoms with Crippen molar-refractivity contribution < 1.29 is 18.3 Å². The van der Waals surface area contributed by atoms with Gasteiger partial charge in [-0.2, -0.15) is 8.78 Å². The van der Waals surface area contributed by atoms with Crippen LogP contribution in [0.2, 0.25) is 0 Å². The Morgan fingerprint density at radius 2 is 1.96 bits per heavy atom. The van der Waals surface area contributed by atoms with E-state index in [0.717, 1.165) is 23.1 Å². The van der Waals surface area contributed by atoms with Crippen molar-refractivity contribution in [1.82, 2.24) is 4.98 Å². The van der Waals surface area contributed by atoms with Gasteiger partial charge in [-0.15, -0.1) is 0 Å². The monoisotopic (exact) mass is 372 g/mol. The third-order valence-corrected chi connectivity index (χ3v) is 4.99. The molecule has 0 unspecified atom stereocenters. The molecule has 0 bridgehead atoms. The van der Waals surface area contributed by atoms with Crippen LogP contribution in [0.5, 0.6) is 5.88 Å². The number of allylic oxidation sites excluding steroid dienone is 1. The number of benzene rings is 1. The molecule has 1 aromatic carbocycles. The van der Waals surface area contributed by atoms with Crippen LogP contribution in [0.4, 0.5) is 14.5 Å². The summed E-state index contributed by atoms with van der Waals surface area (Å²) in [5.41, 5.74) is 2.70. The van der Waals surface area contributed by atoms with Gasteiger partial charge in [0.1, 0.15) is 5.69 Å². The van der Waals surface area contributed by atoms with Gasteiger partial charge in [-0.1, -0.05) is 42.8 Å². The second kappa shape index (κ2) is 7.47. The molecule has 1 aliphatic rings. The van der Waals surface area contributed by atoms with Gasteiger partial charge in [0.15, 0.2) is 0 Å². The van der Waals surface area contributed by atoms with Crippen LogP contribution in [0.1, 0.15) is 43.0 Å². The van der Waals surface area contributed by atoms with E-state index < -0.39 is 12.0 Å². The summed E-state index contributed by atoms with van der Waals surface area (Å²) in [6.45, 7) is 4.57. The smallest absolute Gasteiger partial charge is 0.388 e. The number of halogens is 2. The highest BCUT2D eigenvalue weighted by molar-refractivity contribution is 6.01. The van der Waals surface area contributed by atoms with Crippen LogP contribution in [-0.2, 0) is 10.2 Å². The van der Waals surface area contributed by atoms with E-state index in [1.807, 2.05) is 31.2 Å². The molecule has 1 N–H and O–H groups in total. The molecule has 0 spiro atoms. The van der Waals surface area contributed by atoms with E-state index in [-0.39, 0.29) is 17.5 Å². The van der Waals surface area contributed by atoms with Crippen LogP contribution < -0.4 is 10.1 Å². The van der Waals surface area contributed by atoms with Gasteiger partial charge in [0, 0.05) is 5.69 Å². The summed E-state index contributed by atoms with van der Waals surface area (Å²) in [6.07, 6.45) is 2.30. The summed E-state index contributed by atoms with van der Waals surface area (Å²) < 4.78 is 29.9. The number of carbonyl (C=O) groups is 1. The predicted molar refractivity (Wildman–Crippen MR) is 101 cm³/mol. The molecule has 142 valence electrons. The number of anilines is 1. The molecule has 1 amide bonds. The Kier molecular flexibility index (Phi) is 5.26. The highest BCUT2D eigenvalue weighted by atomic mass is 19.3. The van der Waals surface area contributed by atoms with Gasteiger partial charge in [-0.25, -0.2) is 4.98 Å². The third-order valence-electron chi connectivity index (χ3n) is 4.99. The van der Waals surface area contributed by atoms with Crippen molar-refractivity contribution >= 4 is 17.2 Å². The molecule has 0 saturated heterocycles. The highest BCUT2D eigenvalue weighted by Gasteiger charge is 2.47. The minimum Gasteiger partial charge on any atom is -0.415 e. The summed E-state index contributed by atoms with van der Waals surface area (Å²) in [4.78, 5) is 17.2. The standard InChI is InChI=1S/C21H22F2N2O2/c1-13(2)15-7-4-5-8-16(15)21(11-6-12-21)19(26)25-17-10-9-14(3)24-18(17)27-20(22)23/h4-5,7-10,20H,1,6,11-12H2,2-3H3,(H,25,26). The molecular formula is C21H22F2N2O2. The van der Waals surface area contributed by atoms with Gasteiger partial charge in [0.2, 0.25) is 11.8 Å². The lowest BCUT2D eigenvalue weighted by molar-refractivity contribution is -0.124. The van der Waals surface area contributed by atoms with E-state index in [1.165, 1.54) is 6.07 Å². The highest BCUT2D eigenvalue weighted by Crippen LogP contribution is 2.47. The quantitative estimate of drug-likeness (QED) is 0.769. The van der Waals surface area contributed by atoms with Crippen molar-refractivity contribution in [3.63, 3.8) is 0 Å². The van der Waals surface area contributed by atoms with E-state index in [9.17, 15) is 13.6 Å². The maximum atomic E-state index is 13.2. The lowest BCUT2D eigenvalue weighted by Crippen LogP contribution is -2.46. The fourth-order valence-electron chi connectivity index (χ4n) is 3.47. The minimum atomic E-state index is -3.02. The van der Waals surface area contributed by atoms with Crippen molar-refractivity contribution in [2.45, 2.75) is 45.1 Å². The first-order chi connectivity index (χ1) is 12.8. The van der Waals surface area contributed by atoms with Gasteiger partial charge < -0.3 is 10.1 Å². The van der Waals surface area contributed by atoms with Crippen LogP contribution in [0.25, 0.3) is 5.57 Å². The van der Waals surface area contributed by atoms with Crippen molar-refractivity contribution in [1.29, 1.82) is 0 Å². The Morgan fingerprint density at radius 1 is 1.26 bits per heavy atom. The van der Waals surface area contributed by atoms with E-state index in [2.05, 4.69) is 21.6 Å². The summed E-state index contributed by atoms with van der Waals surface area (Å²) >= 11 is 0. The molecule has 0 atom stereocenters. The number of hydrogen-bond donors (Lipinski definition) is 1. The first kappa shape index (κ1) is 19.0. The Morgan fingerprint density at radius 3 is 2.56 bits per heavy atom. The van der Waals surface area contributed by atoms with Crippen molar-refractivity contribution in [2.24, 2.45) is 0 Å². The van der Waals surface area contributed by atoms with Crippen LogP contribution in [0.15, 0.2) is 43.0 Å². The summed E-state index contributed by atoms with van der Waals surface area (Å²) in [7, 11) is 0. The summed E-state index contributed by atoms with van der Waals surface area (Å²) in [6, 6.07) is 10.9. The number of nitrogens with zero attached hydrogens (tertiary/aromatic N) is 1. The number of carbonyl (C=O) groups excluding carboxylic acids is 1. The third kappa shape index (κ3) is 3.70. The number of hydrogen-bond acceptors (Lipinski definition) is 3. The number of amides is 1. The number of aryl methyl sites for hydroxylation is 1. The van der Waals surface area contributed by atoms with E-state index in [0.29, 0.717) is 18.5 Å². The first-order valence-electron chi connectivity index (χ1n) is 8.83. The molecule has 1 heterocycles. The van der Waals surface area contributed by atoms with Crippen LogP contribution in [0.3, 0.4) is 0 Å². The molecule has 27 heavy (non-hydrogen) atoms. The average molecular weight is 372 g/mol. The maximum absolute atomic E-state index is 13.2. The lowest BCUT2D eigenvalue weighted by atomic mass is 9.62. The molecule has 3 rings (SSSR count). The molecule has 6 heteroatoms. The normalized spacial score (nSPS) is 15.1. The molecule has 0 radical (unpaired) electrons. The SMILES string of the molecule is C=C(C)c1ccccc1C1(C(=O)Nc2ccc(C)nc2OC(F)F)CCC1. The molecule has 1 aromatic heterocycles. The topological polar surface area (TPSA) is 51.2 Å². The molecule has 1 fully saturated rings. The second-order valence-electron chi connectivity index (χ2n) is 6.90. The average Bonchev–Trinajstić information content (AvgIpc) is 2.56. The second-order valence-corrected chi connectivity index (χ2v) is 6.90. The Bertz CT molecular complexity index is 876. The van der Waals surface area contributed by atoms with Crippen LogP contribution in [-0.4, -0.2) is 17.5 Å². The predicted octanol–water partition coefficient (Wildman–Crippen LogP) is 5.08. The Balaban J connectivity index is 1.95. The molecule has 2 aromatic rings. The summed E-state index contributed by atoms with van der Waals surface area (Å²) in [5, 5.41) is 2.76. The van der Waals surface area contributed by atoms with Crippen LogP contribution >= 0.6 is 0 Å². The number of aromatic nitrogens is 1. The number of pyridine rings is 1. The van der Waals surface area contributed by atoms with Gasteiger partial charge in [-0.05, 0) is 49.9 Å². The number of alkyl halides is 2. The maximum Gasteiger partial charge on any atom is 0.388 e. The van der Waals surface area contributed by atoms with Gasteiger partial charge in [0.25, 0.3) is 0 Å². The molecule has 4 nitrogen and oxygen atoms in total. The zero-order chi connectivity index (χ0) is 19.6.